The lowest BCUT2D eigenvalue weighted by Gasteiger charge is -2.66. The molecule has 1 spiro atoms. The lowest BCUT2D eigenvalue weighted by molar-refractivity contribution is -0.291. The summed E-state index contributed by atoms with van der Waals surface area (Å²) >= 11 is 0. The van der Waals surface area contributed by atoms with Gasteiger partial charge in [0.05, 0.1) is 11.2 Å². The number of ether oxygens (including phenoxy) is 1. The molecule has 0 unspecified atom stereocenters. The Morgan fingerprint density at radius 1 is 1.16 bits per heavy atom. The largest absolute Gasteiger partial charge is 0.396 e. The highest BCUT2D eigenvalue weighted by Gasteiger charge is 2.64. The van der Waals surface area contributed by atoms with Gasteiger partial charge in [-0.05, 0) is 107 Å². The van der Waals surface area contributed by atoms with Crippen LogP contribution in [0.3, 0.4) is 0 Å². The van der Waals surface area contributed by atoms with Crippen molar-refractivity contribution in [1.29, 1.82) is 0 Å². The van der Waals surface area contributed by atoms with Crippen LogP contribution in [0.5, 0.6) is 0 Å². The van der Waals surface area contributed by atoms with Crippen LogP contribution in [0.4, 0.5) is 5.82 Å². The van der Waals surface area contributed by atoms with Crippen molar-refractivity contribution in [2.45, 2.75) is 108 Å². The average Bonchev–Trinajstić information content (AvgIpc) is 3.15. The first-order valence-corrected chi connectivity index (χ1v) is 13.0. The molecule has 1 aromatic rings. The van der Waals surface area contributed by atoms with Crippen LogP contribution in [-0.4, -0.2) is 33.4 Å². The van der Waals surface area contributed by atoms with Gasteiger partial charge in [0, 0.05) is 24.3 Å². The summed E-state index contributed by atoms with van der Waals surface area (Å²) in [6, 6.07) is 4.09. The Balaban J connectivity index is 1.44. The van der Waals surface area contributed by atoms with E-state index in [9.17, 15) is 5.11 Å². The van der Waals surface area contributed by atoms with Crippen LogP contribution in [0.1, 0.15) is 90.0 Å². The first-order chi connectivity index (χ1) is 15.2. The van der Waals surface area contributed by atoms with Gasteiger partial charge in [-0.2, -0.15) is 0 Å². The molecule has 5 atom stereocenters. The molecule has 0 radical (unpaired) electrons. The van der Waals surface area contributed by atoms with E-state index in [0.717, 1.165) is 25.7 Å². The fourth-order valence-electron chi connectivity index (χ4n) is 8.84. The van der Waals surface area contributed by atoms with Gasteiger partial charge >= 0.3 is 0 Å². The summed E-state index contributed by atoms with van der Waals surface area (Å²) in [5, 5.41) is 9.83. The van der Waals surface area contributed by atoms with Gasteiger partial charge in [0.1, 0.15) is 5.82 Å². The van der Waals surface area contributed by atoms with Gasteiger partial charge in [-0.15, -0.1) is 0 Å². The number of anilines is 1. The van der Waals surface area contributed by atoms with Crippen LogP contribution in [0, 0.1) is 23.2 Å². The maximum atomic E-state index is 9.83. The fourth-order valence-corrected chi connectivity index (χ4v) is 8.84. The monoisotopic (exact) mass is 441 g/mol. The zero-order valence-electron chi connectivity index (χ0n) is 20.1. The highest BCUT2D eigenvalue weighted by Crippen LogP contribution is 2.63. The first-order valence-electron chi connectivity index (χ1n) is 13.0. The van der Waals surface area contributed by atoms with Crippen molar-refractivity contribution in [2.24, 2.45) is 28.9 Å². The second-order valence-corrected chi connectivity index (χ2v) is 12.5. The SMILES string of the molecule is CC1(C)O[C@@]2([C@@H]3C[C@@H](Cc4ccc(N)nc4)CC4(CCCC4)C3)CC[C@@H]1[C@](N)(CCO)C2. The van der Waals surface area contributed by atoms with E-state index in [4.69, 9.17) is 16.2 Å². The van der Waals surface area contributed by atoms with Crippen LogP contribution in [0.15, 0.2) is 18.3 Å². The highest BCUT2D eigenvalue weighted by molar-refractivity contribution is 5.29. The fraction of sp³-hybridized carbons (Fsp3) is 0.815. The van der Waals surface area contributed by atoms with Crippen molar-refractivity contribution >= 4 is 5.82 Å². The molecule has 2 bridgehead atoms. The number of pyridine rings is 1. The molecule has 2 saturated heterocycles. The number of rotatable bonds is 5. The third-order valence-electron chi connectivity index (χ3n) is 9.86. The normalized spacial score (nSPS) is 40.1. The second-order valence-electron chi connectivity index (χ2n) is 12.5. The number of nitrogens with two attached hydrogens (primary N) is 2. The van der Waals surface area contributed by atoms with E-state index in [0.29, 0.717) is 35.4 Å². The summed E-state index contributed by atoms with van der Waals surface area (Å²) in [5.41, 5.74) is 14.0. The zero-order chi connectivity index (χ0) is 22.6. The lowest BCUT2D eigenvalue weighted by Crippen LogP contribution is -2.72. The van der Waals surface area contributed by atoms with Gasteiger partial charge in [-0.1, -0.05) is 18.9 Å². The van der Waals surface area contributed by atoms with Crippen molar-refractivity contribution in [3.8, 4) is 0 Å². The topological polar surface area (TPSA) is 94.4 Å². The Hall–Kier alpha value is -1.17. The molecule has 5 N–H and O–H groups in total. The highest BCUT2D eigenvalue weighted by atomic mass is 16.5. The van der Waals surface area contributed by atoms with Crippen molar-refractivity contribution in [3.05, 3.63) is 23.9 Å². The van der Waals surface area contributed by atoms with Crippen LogP contribution in [0.2, 0.25) is 0 Å². The van der Waals surface area contributed by atoms with Gasteiger partial charge in [0.15, 0.2) is 0 Å². The smallest absolute Gasteiger partial charge is 0.123 e. The zero-order valence-corrected chi connectivity index (χ0v) is 20.1. The van der Waals surface area contributed by atoms with Crippen molar-refractivity contribution in [2.75, 3.05) is 12.3 Å². The summed E-state index contributed by atoms with van der Waals surface area (Å²) in [5.74, 6) is 2.12. The molecule has 3 heterocycles. The van der Waals surface area contributed by atoms with Crippen molar-refractivity contribution in [3.63, 3.8) is 0 Å². The Morgan fingerprint density at radius 2 is 1.94 bits per heavy atom. The number of aromatic nitrogens is 1. The minimum Gasteiger partial charge on any atom is -0.396 e. The molecule has 5 aliphatic rings. The van der Waals surface area contributed by atoms with Crippen LogP contribution in [-0.2, 0) is 11.2 Å². The maximum Gasteiger partial charge on any atom is 0.123 e. The molecule has 0 amide bonds. The molecule has 3 aliphatic carbocycles. The standard InChI is InChI=1S/C27H43N3O2/c1-24(2)22-7-10-27(32-24,18-26(22,29)11-12-31)21-14-20(13-19-5-6-23(28)30-17-19)15-25(16-21)8-3-4-9-25/h5-6,17,20-22,31H,3-4,7-16,18,29H2,1-2H3,(H2,28,30)/t20-,21-,22+,26+,27+/m1/s1. The summed E-state index contributed by atoms with van der Waals surface area (Å²) < 4.78 is 7.07. The van der Waals surface area contributed by atoms with Crippen molar-refractivity contribution in [1.82, 2.24) is 4.98 Å². The quantitative estimate of drug-likeness (QED) is 0.620. The summed E-state index contributed by atoms with van der Waals surface area (Å²) in [6.45, 7) is 4.66. The third kappa shape index (κ3) is 3.88. The minimum atomic E-state index is -0.314. The van der Waals surface area contributed by atoms with E-state index in [1.807, 2.05) is 12.3 Å². The Bertz CT molecular complexity index is 819. The molecule has 5 nitrogen and oxygen atoms in total. The summed E-state index contributed by atoms with van der Waals surface area (Å²) in [6.07, 6.45) is 16.2. The van der Waals surface area contributed by atoms with Crippen LogP contribution < -0.4 is 11.5 Å². The Kier molecular flexibility index (Phi) is 5.62. The minimum absolute atomic E-state index is 0.143. The van der Waals surface area contributed by atoms with Gasteiger partial charge < -0.3 is 21.3 Å². The Morgan fingerprint density at radius 3 is 2.59 bits per heavy atom. The van der Waals surface area contributed by atoms with Crippen LogP contribution in [0.25, 0.3) is 0 Å². The van der Waals surface area contributed by atoms with Gasteiger partial charge in [-0.3, -0.25) is 0 Å². The third-order valence-corrected chi connectivity index (χ3v) is 9.86. The summed E-state index contributed by atoms with van der Waals surface area (Å²) in [4.78, 5) is 4.35. The van der Waals surface area contributed by atoms with Gasteiger partial charge in [-0.25, -0.2) is 4.98 Å². The number of hydrogen-bond donors (Lipinski definition) is 3. The predicted octanol–water partition coefficient (Wildman–Crippen LogP) is 4.61. The molecule has 0 aromatic carbocycles. The first kappa shape index (κ1) is 22.6. The number of aliphatic hydroxyl groups excluding tert-OH is 1. The number of aliphatic hydroxyl groups is 1. The van der Waals surface area contributed by atoms with Crippen LogP contribution >= 0.6 is 0 Å². The second kappa shape index (κ2) is 7.95. The number of nitrogen functional groups attached to an aromatic ring is 1. The molecule has 5 heteroatoms. The predicted molar refractivity (Wildman–Crippen MR) is 128 cm³/mol. The molecular formula is C27H43N3O2. The van der Waals surface area contributed by atoms with E-state index in [1.165, 1.54) is 50.5 Å². The molecule has 1 aromatic heterocycles. The van der Waals surface area contributed by atoms with Crippen molar-refractivity contribution < 1.29 is 9.84 Å². The molecule has 3 saturated carbocycles. The maximum absolute atomic E-state index is 9.83. The number of hydrogen-bond acceptors (Lipinski definition) is 5. The average molecular weight is 442 g/mol. The van der Waals surface area contributed by atoms with E-state index in [1.54, 1.807) is 0 Å². The molecule has 6 rings (SSSR count). The molecule has 5 fully saturated rings. The molecule has 32 heavy (non-hydrogen) atoms. The number of fused-ring (bicyclic) bond motifs is 3. The molecule has 178 valence electrons. The van der Waals surface area contributed by atoms with E-state index < -0.39 is 0 Å². The van der Waals surface area contributed by atoms with E-state index >= 15 is 0 Å². The van der Waals surface area contributed by atoms with E-state index in [2.05, 4.69) is 24.9 Å². The summed E-state index contributed by atoms with van der Waals surface area (Å²) in [7, 11) is 0. The number of nitrogens with zero attached hydrogens (tertiary/aromatic N) is 1. The Labute approximate surface area is 193 Å². The lowest BCUT2D eigenvalue weighted by atomic mass is 9.51. The molecular weight excluding hydrogens is 398 g/mol. The van der Waals surface area contributed by atoms with Gasteiger partial charge in [0.2, 0.25) is 0 Å². The molecule has 2 aliphatic heterocycles. The van der Waals surface area contributed by atoms with E-state index in [-0.39, 0.29) is 23.3 Å². The van der Waals surface area contributed by atoms with Gasteiger partial charge in [0.25, 0.3) is 0 Å².